The minimum Gasteiger partial charge on any atom is -0.496 e. The summed E-state index contributed by atoms with van der Waals surface area (Å²) in [6.45, 7) is 2.85. The lowest BCUT2D eigenvalue weighted by Gasteiger charge is -2.37. The maximum Gasteiger partial charge on any atom is 0.223 e. The van der Waals surface area contributed by atoms with Crippen LogP contribution in [0.5, 0.6) is 5.75 Å². The molecule has 1 heterocycles. The van der Waals surface area contributed by atoms with Crippen molar-refractivity contribution >= 4 is 5.91 Å². The van der Waals surface area contributed by atoms with Gasteiger partial charge in [0.05, 0.1) is 32.5 Å². The Morgan fingerprint density at radius 2 is 2.24 bits per heavy atom. The van der Waals surface area contributed by atoms with Crippen LogP contribution in [0.25, 0.3) is 0 Å². The third-order valence-electron chi connectivity index (χ3n) is 3.83. The summed E-state index contributed by atoms with van der Waals surface area (Å²) in [5.41, 5.74) is 1.04. The van der Waals surface area contributed by atoms with Gasteiger partial charge in [-0.2, -0.15) is 0 Å². The number of carbonyl (C=O) groups excluding carboxylic acids is 1. The molecule has 1 aromatic rings. The summed E-state index contributed by atoms with van der Waals surface area (Å²) >= 11 is 0. The average Bonchev–Trinajstić information content (AvgIpc) is 2.53. The predicted octanol–water partition coefficient (Wildman–Crippen LogP) is 1.24. The molecule has 1 aliphatic heterocycles. The summed E-state index contributed by atoms with van der Waals surface area (Å²) in [4.78, 5) is 14.2. The normalized spacial score (nSPS) is 22.1. The number of amides is 1. The second-order valence-electron chi connectivity index (χ2n) is 5.34. The Morgan fingerprint density at radius 1 is 1.48 bits per heavy atom. The molecular formula is C16H23NO4. The van der Waals surface area contributed by atoms with Gasteiger partial charge in [-0.25, -0.2) is 0 Å². The van der Waals surface area contributed by atoms with Gasteiger partial charge in [-0.05, 0) is 25.0 Å². The summed E-state index contributed by atoms with van der Waals surface area (Å²) in [6, 6.07) is 7.80. The molecule has 2 unspecified atom stereocenters. The number of rotatable bonds is 5. The van der Waals surface area contributed by atoms with E-state index in [2.05, 4.69) is 0 Å². The van der Waals surface area contributed by atoms with E-state index in [0.717, 1.165) is 11.3 Å². The molecule has 0 saturated carbocycles. The van der Waals surface area contributed by atoms with Crippen molar-refractivity contribution in [2.75, 3.05) is 26.9 Å². The van der Waals surface area contributed by atoms with Crippen LogP contribution in [0.4, 0.5) is 0 Å². The highest BCUT2D eigenvalue weighted by Gasteiger charge is 2.28. The van der Waals surface area contributed by atoms with E-state index in [9.17, 15) is 9.90 Å². The quantitative estimate of drug-likeness (QED) is 0.887. The van der Waals surface area contributed by atoms with Crippen molar-refractivity contribution < 1.29 is 19.4 Å². The van der Waals surface area contributed by atoms with E-state index < -0.39 is 0 Å². The van der Waals surface area contributed by atoms with Crippen LogP contribution in [0.3, 0.4) is 0 Å². The lowest BCUT2D eigenvalue weighted by Crippen LogP contribution is -2.52. The first-order chi connectivity index (χ1) is 10.2. The average molecular weight is 293 g/mol. The number of aryl methyl sites for hydroxylation is 1. The molecule has 116 valence electrons. The number of carbonyl (C=O) groups is 1. The number of aliphatic hydroxyl groups excluding tert-OH is 1. The molecule has 5 heteroatoms. The van der Waals surface area contributed by atoms with Crippen LogP contribution in [0, 0.1) is 0 Å². The van der Waals surface area contributed by atoms with Crippen LogP contribution >= 0.6 is 0 Å². The number of aliphatic hydroxyl groups is 1. The van der Waals surface area contributed by atoms with Gasteiger partial charge in [0, 0.05) is 13.0 Å². The van der Waals surface area contributed by atoms with Crippen molar-refractivity contribution in [3.63, 3.8) is 0 Å². The van der Waals surface area contributed by atoms with Crippen LogP contribution in [-0.4, -0.2) is 54.9 Å². The summed E-state index contributed by atoms with van der Waals surface area (Å²) < 4.78 is 10.8. The molecule has 1 fully saturated rings. The fourth-order valence-electron chi connectivity index (χ4n) is 2.57. The first-order valence-electron chi connectivity index (χ1n) is 7.29. The van der Waals surface area contributed by atoms with Gasteiger partial charge in [0.15, 0.2) is 0 Å². The highest BCUT2D eigenvalue weighted by molar-refractivity contribution is 5.77. The molecule has 1 aliphatic rings. The lowest BCUT2D eigenvalue weighted by molar-refractivity contribution is -0.146. The van der Waals surface area contributed by atoms with E-state index in [1.165, 1.54) is 0 Å². The summed E-state index contributed by atoms with van der Waals surface area (Å²) in [6.07, 6.45) is 0.816. The Hall–Kier alpha value is -1.59. The standard InChI is InChI=1S/C16H23NO4/c1-12-11-21-14(10-18)9-17(12)16(19)8-7-13-5-3-4-6-15(13)20-2/h3-6,12,14,18H,7-11H2,1-2H3. The van der Waals surface area contributed by atoms with Gasteiger partial charge in [0.1, 0.15) is 5.75 Å². The van der Waals surface area contributed by atoms with Gasteiger partial charge in [-0.15, -0.1) is 0 Å². The van der Waals surface area contributed by atoms with E-state index in [1.54, 1.807) is 12.0 Å². The molecule has 0 radical (unpaired) electrons. The number of benzene rings is 1. The van der Waals surface area contributed by atoms with Gasteiger partial charge in [0.25, 0.3) is 0 Å². The zero-order chi connectivity index (χ0) is 15.2. The number of methoxy groups -OCH3 is 1. The largest absolute Gasteiger partial charge is 0.496 e. The Balaban J connectivity index is 1.94. The van der Waals surface area contributed by atoms with Crippen molar-refractivity contribution in [3.8, 4) is 5.75 Å². The van der Waals surface area contributed by atoms with Crippen LogP contribution < -0.4 is 4.74 Å². The molecule has 1 N–H and O–H groups in total. The Morgan fingerprint density at radius 3 is 2.95 bits per heavy atom. The SMILES string of the molecule is COc1ccccc1CCC(=O)N1CC(CO)OCC1C. The van der Waals surface area contributed by atoms with Crippen molar-refractivity contribution in [2.24, 2.45) is 0 Å². The van der Waals surface area contributed by atoms with E-state index >= 15 is 0 Å². The molecule has 5 nitrogen and oxygen atoms in total. The van der Waals surface area contributed by atoms with Crippen LogP contribution in [0.2, 0.25) is 0 Å². The molecule has 1 aromatic carbocycles. The van der Waals surface area contributed by atoms with Gasteiger partial charge in [-0.3, -0.25) is 4.79 Å². The highest BCUT2D eigenvalue weighted by atomic mass is 16.5. The zero-order valence-corrected chi connectivity index (χ0v) is 12.6. The van der Waals surface area contributed by atoms with Crippen molar-refractivity contribution in [2.45, 2.75) is 31.9 Å². The smallest absolute Gasteiger partial charge is 0.223 e. The van der Waals surface area contributed by atoms with E-state index in [4.69, 9.17) is 9.47 Å². The van der Waals surface area contributed by atoms with Gasteiger partial charge >= 0.3 is 0 Å². The minimum absolute atomic E-state index is 0.0526. The lowest BCUT2D eigenvalue weighted by atomic mass is 10.1. The summed E-state index contributed by atoms with van der Waals surface area (Å²) in [5, 5.41) is 9.17. The van der Waals surface area contributed by atoms with Gasteiger partial charge in [-0.1, -0.05) is 18.2 Å². The predicted molar refractivity (Wildman–Crippen MR) is 79.3 cm³/mol. The number of ether oxygens (including phenoxy) is 2. The van der Waals surface area contributed by atoms with E-state index in [1.807, 2.05) is 31.2 Å². The molecule has 2 atom stereocenters. The number of para-hydroxylation sites is 1. The molecule has 0 bridgehead atoms. The fourth-order valence-corrected chi connectivity index (χ4v) is 2.57. The zero-order valence-electron chi connectivity index (χ0n) is 12.6. The van der Waals surface area contributed by atoms with E-state index in [-0.39, 0.29) is 24.7 Å². The Bertz CT molecular complexity index is 477. The second kappa shape index (κ2) is 7.43. The first-order valence-corrected chi connectivity index (χ1v) is 7.29. The van der Waals surface area contributed by atoms with Crippen LogP contribution in [-0.2, 0) is 16.0 Å². The molecule has 1 saturated heterocycles. The van der Waals surface area contributed by atoms with Crippen molar-refractivity contribution in [1.29, 1.82) is 0 Å². The number of nitrogens with zero attached hydrogens (tertiary/aromatic N) is 1. The minimum atomic E-state index is -0.267. The van der Waals surface area contributed by atoms with Crippen LogP contribution in [0.15, 0.2) is 24.3 Å². The summed E-state index contributed by atoms with van der Waals surface area (Å²) in [5.74, 6) is 0.906. The number of hydrogen-bond acceptors (Lipinski definition) is 4. The van der Waals surface area contributed by atoms with E-state index in [0.29, 0.717) is 26.0 Å². The topological polar surface area (TPSA) is 59.0 Å². The third-order valence-corrected chi connectivity index (χ3v) is 3.83. The van der Waals surface area contributed by atoms with Gasteiger partial charge in [0.2, 0.25) is 5.91 Å². The Kier molecular flexibility index (Phi) is 5.59. The second-order valence-corrected chi connectivity index (χ2v) is 5.34. The molecule has 0 aliphatic carbocycles. The fraction of sp³-hybridized carbons (Fsp3) is 0.562. The monoisotopic (exact) mass is 293 g/mol. The molecule has 1 amide bonds. The van der Waals surface area contributed by atoms with Crippen molar-refractivity contribution in [1.82, 2.24) is 4.90 Å². The van der Waals surface area contributed by atoms with Gasteiger partial charge < -0.3 is 19.5 Å². The highest BCUT2D eigenvalue weighted by Crippen LogP contribution is 2.20. The molecule has 2 rings (SSSR count). The van der Waals surface area contributed by atoms with Crippen molar-refractivity contribution in [3.05, 3.63) is 29.8 Å². The third kappa shape index (κ3) is 3.95. The molecular weight excluding hydrogens is 270 g/mol. The Labute approximate surface area is 125 Å². The molecule has 0 aromatic heterocycles. The first kappa shape index (κ1) is 15.8. The maximum absolute atomic E-state index is 12.4. The molecule has 0 spiro atoms. The number of hydrogen-bond donors (Lipinski definition) is 1. The number of morpholine rings is 1. The maximum atomic E-state index is 12.4. The van der Waals surface area contributed by atoms with Crippen LogP contribution in [0.1, 0.15) is 18.9 Å². The summed E-state index contributed by atoms with van der Waals surface area (Å²) in [7, 11) is 1.64. The molecule has 21 heavy (non-hydrogen) atoms.